The van der Waals surface area contributed by atoms with Gasteiger partial charge in [-0.25, -0.2) is 4.79 Å². The van der Waals surface area contributed by atoms with Gasteiger partial charge in [0.25, 0.3) is 0 Å². The lowest BCUT2D eigenvalue weighted by Crippen LogP contribution is -1.91. The molecule has 3 heteroatoms. The number of rotatable bonds is 0. The molecule has 0 saturated carbocycles. The SMILES string of the molecule is Cc1ccc(C#CC(=O)O)cc1N. The number of benzene rings is 1. The van der Waals surface area contributed by atoms with Crippen molar-refractivity contribution >= 4 is 11.7 Å². The summed E-state index contributed by atoms with van der Waals surface area (Å²) in [7, 11) is 0. The number of carbonyl (C=O) groups is 1. The van der Waals surface area contributed by atoms with Crippen molar-refractivity contribution in [1.29, 1.82) is 0 Å². The maximum Gasteiger partial charge on any atom is 0.382 e. The van der Waals surface area contributed by atoms with Crippen molar-refractivity contribution in [1.82, 2.24) is 0 Å². The molecule has 0 aliphatic carbocycles. The average Bonchev–Trinajstić information content (AvgIpc) is 2.07. The molecule has 0 spiro atoms. The average molecular weight is 175 g/mol. The first kappa shape index (κ1) is 9.14. The topological polar surface area (TPSA) is 63.3 Å². The minimum atomic E-state index is -1.14. The van der Waals surface area contributed by atoms with Gasteiger partial charge in [0.2, 0.25) is 0 Å². The first-order valence-corrected chi connectivity index (χ1v) is 3.70. The number of nitrogens with two attached hydrogens (primary N) is 1. The summed E-state index contributed by atoms with van der Waals surface area (Å²) >= 11 is 0. The Bertz CT molecular complexity index is 399. The van der Waals surface area contributed by atoms with Crippen LogP contribution in [0.15, 0.2) is 18.2 Å². The highest BCUT2D eigenvalue weighted by atomic mass is 16.4. The molecule has 66 valence electrons. The predicted molar refractivity (Wildman–Crippen MR) is 50.1 cm³/mol. The van der Waals surface area contributed by atoms with E-state index in [-0.39, 0.29) is 0 Å². The molecule has 3 N–H and O–H groups in total. The van der Waals surface area contributed by atoms with Gasteiger partial charge in [0.05, 0.1) is 0 Å². The van der Waals surface area contributed by atoms with Gasteiger partial charge >= 0.3 is 5.97 Å². The van der Waals surface area contributed by atoms with Crippen molar-refractivity contribution in [2.24, 2.45) is 0 Å². The van der Waals surface area contributed by atoms with Crippen molar-refractivity contribution in [2.45, 2.75) is 6.92 Å². The van der Waals surface area contributed by atoms with Crippen LogP contribution < -0.4 is 5.73 Å². The second kappa shape index (κ2) is 3.63. The first-order chi connectivity index (χ1) is 6.09. The molecule has 0 bridgehead atoms. The third kappa shape index (κ3) is 2.53. The molecule has 0 heterocycles. The van der Waals surface area contributed by atoms with Crippen LogP contribution in [0.3, 0.4) is 0 Å². The molecule has 0 aliphatic rings. The second-order valence-electron chi connectivity index (χ2n) is 2.63. The van der Waals surface area contributed by atoms with Crippen LogP contribution in [-0.4, -0.2) is 11.1 Å². The Balaban J connectivity index is 3.00. The lowest BCUT2D eigenvalue weighted by molar-refractivity contribution is -0.130. The van der Waals surface area contributed by atoms with Crippen LogP contribution in [0.5, 0.6) is 0 Å². The molecule has 0 fully saturated rings. The van der Waals surface area contributed by atoms with Crippen molar-refractivity contribution in [3.05, 3.63) is 29.3 Å². The van der Waals surface area contributed by atoms with Crippen LogP contribution in [0.25, 0.3) is 0 Å². The van der Waals surface area contributed by atoms with Crippen LogP contribution in [0.4, 0.5) is 5.69 Å². The van der Waals surface area contributed by atoms with Crippen molar-refractivity contribution < 1.29 is 9.90 Å². The molecule has 1 aromatic carbocycles. The Labute approximate surface area is 76.2 Å². The third-order valence-electron chi connectivity index (χ3n) is 1.59. The monoisotopic (exact) mass is 175 g/mol. The van der Waals surface area contributed by atoms with Crippen LogP contribution in [-0.2, 0) is 4.79 Å². The fourth-order valence-electron chi connectivity index (χ4n) is 0.844. The van der Waals surface area contributed by atoms with Gasteiger partial charge in [0.1, 0.15) is 0 Å². The van der Waals surface area contributed by atoms with E-state index in [0.29, 0.717) is 11.3 Å². The van der Waals surface area contributed by atoms with E-state index >= 15 is 0 Å². The van der Waals surface area contributed by atoms with Gasteiger partial charge in [-0.15, -0.1) is 0 Å². The fourth-order valence-corrected chi connectivity index (χ4v) is 0.844. The van der Waals surface area contributed by atoms with Gasteiger partial charge in [-0.2, -0.15) is 0 Å². The van der Waals surface area contributed by atoms with Crippen LogP contribution >= 0.6 is 0 Å². The van der Waals surface area contributed by atoms with Gasteiger partial charge in [-0.1, -0.05) is 12.0 Å². The van der Waals surface area contributed by atoms with Crippen molar-refractivity contribution in [2.75, 3.05) is 5.73 Å². The second-order valence-corrected chi connectivity index (χ2v) is 2.63. The molecule has 3 nitrogen and oxygen atoms in total. The van der Waals surface area contributed by atoms with Crippen molar-refractivity contribution in [3.63, 3.8) is 0 Å². The minimum Gasteiger partial charge on any atom is -0.472 e. The zero-order chi connectivity index (χ0) is 9.84. The van der Waals surface area contributed by atoms with Gasteiger partial charge < -0.3 is 10.8 Å². The Morgan fingerprint density at radius 3 is 2.77 bits per heavy atom. The standard InChI is InChI=1S/C10H9NO2/c1-7-2-3-8(6-9(7)11)4-5-10(12)13/h2-3,6H,11H2,1H3,(H,12,13). The van der Waals surface area contributed by atoms with Gasteiger partial charge in [0.15, 0.2) is 0 Å². The van der Waals surface area contributed by atoms with E-state index in [9.17, 15) is 4.79 Å². The van der Waals surface area contributed by atoms with E-state index in [2.05, 4.69) is 5.92 Å². The summed E-state index contributed by atoms with van der Waals surface area (Å²) in [5.41, 5.74) is 7.81. The molecule has 0 unspecified atom stereocenters. The third-order valence-corrected chi connectivity index (χ3v) is 1.59. The van der Waals surface area contributed by atoms with E-state index < -0.39 is 5.97 Å². The number of aliphatic carboxylic acids is 1. The first-order valence-electron chi connectivity index (χ1n) is 3.70. The van der Waals surface area contributed by atoms with Crippen LogP contribution in [0, 0.1) is 18.8 Å². The highest BCUT2D eigenvalue weighted by Gasteiger charge is 1.93. The van der Waals surface area contributed by atoms with E-state index in [0.717, 1.165) is 5.56 Å². The lowest BCUT2D eigenvalue weighted by Gasteiger charge is -1.98. The van der Waals surface area contributed by atoms with Gasteiger partial charge in [0, 0.05) is 17.2 Å². The molecule has 0 aliphatic heterocycles. The molecule has 0 saturated heterocycles. The highest BCUT2D eigenvalue weighted by Crippen LogP contribution is 2.11. The van der Waals surface area contributed by atoms with E-state index in [1.165, 1.54) is 0 Å². The summed E-state index contributed by atoms with van der Waals surface area (Å²) in [5.74, 6) is 3.36. The summed E-state index contributed by atoms with van der Waals surface area (Å²) in [4.78, 5) is 10.1. The van der Waals surface area contributed by atoms with Crippen LogP contribution in [0.1, 0.15) is 11.1 Å². The molecule has 0 radical (unpaired) electrons. The Morgan fingerprint density at radius 2 is 2.23 bits per heavy atom. The molecule has 1 aromatic rings. The number of carboxylic acid groups (broad SMARTS) is 1. The summed E-state index contributed by atoms with van der Waals surface area (Å²) in [6.07, 6.45) is 0. The summed E-state index contributed by atoms with van der Waals surface area (Å²) in [6.45, 7) is 1.88. The fraction of sp³-hybridized carbons (Fsp3) is 0.100. The van der Waals surface area contributed by atoms with E-state index in [1.807, 2.05) is 12.8 Å². The molecular formula is C10H9NO2. The predicted octanol–water partition coefficient (Wildman–Crippen LogP) is 1.01. The Hall–Kier alpha value is -1.95. The molecule has 0 aromatic heterocycles. The molecule has 0 amide bonds. The smallest absolute Gasteiger partial charge is 0.382 e. The van der Waals surface area contributed by atoms with Gasteiger partial charge in [-0.05, 0) is 24.6 Å². The molecule has 13 heavy (non-hydrogen) atoms. The molecular weight excluding hydrogens is 166 g/mol. The summed E-state index contributed by atoms with van der Waals surface area (Å²) < 4.78 is 0. The summed E-state index contributed by atoms with van der Waals surface area (Å²) in [6, 6.07) is 5.20. The zero-order valence-corrected chi connectivity index (χ0v) is 7.16. The quantitative estimate of drug-likeness (QED) is 0.457. The maximum atomic E-state index is 10.1. The largest absolute Gasteiger partial charge is 0.472 e. The molecule has 0 atom stereocenters. The maximum absolute atomic E-state index is 10.1. The number of hydrogen-bond acceptors (Lipinski definition) is 2. The molecule has 1 rings (SSSR count). The minimum absolute atomic E-state index is 0.616. The van der Waals surface area contributed by atoms with Crippen molar-refractivity contribution in [3.8, 4) is 11.8 Å². The zero-order valence-electron chi connectivity index (χ0n) is 7.16. The van der Waals surface area contributed by atoms with E-state index in [1.54, 1.807) is 18.2 Å². The van der Waals surface area contributed by atoms with Crippen LogP contribution in [0.2, 0.25) is 0 Å². The number of aryl methyl sites for hydroxylation is 1. The number of carboxylic acids is 1. The number of nitrogen functional groups attached to an aromatic ring is 1. The number of anilines is 1. The summed E-state index contributed by atoms with van der Waals surface area (Å²) in [5, 5.41) is 8.29. The normalized spacial score (nSPS) is 8.69. The highest BCUT2D eigenvalue weighted by molar-refractivity contribution is 5.87. The van der Waals surface area contributed by atoms with Gasteiger partial charge in [-0.3, -0.25) is 0 Å². The number of hydrogen-bond donors (Lipinski definition) is 2. The Morgan fingerprint density at radius 1 is 1.54 bits per heavy atom. The Kier molecular flexibility index (Phi) is 2.56. The lowest BCUT2D eigenvalue weighted by atomic mass is 10.1. The van der Waals surface area contributed by atoms with E-state index in [4.69, 9.17) is 10.8 Å².